The molecule has 0 radical (unpaired) electrons. The number of likely N-dealkylation sites (N-methyl/N-ethyl adjacent to an activating group) is 1. The summed E-state index contributed by atoms with van der Waals surface area (Å²) in [6.45, 7) is 1.84. The minimum Gasteiger partial charge on any atom is -0.478 e. The van der Waals surface area contributed by atoms with E-state index in [2.05, 4.69) is 11.9 Å². The summed E-state index contributed by atoms with van der Waals surface area (Å²) in [7, 11) is 2.06. The zero-order valence-corrected chi connectivity index (χ0v) is 9.48. The molecule has 0 bridgehead atoms. The summed E-state index contributed by atoms with van der Waals surface area (Å²) in [6.07, 6.45) is 9.73. The van der Waals surface area contributed by atoms with E-state index >= 15 is 0 Å². The summed E-state index contributed by atoms with van der Waals surface area (Å²) in [5.74, 6) is -0.0388. The maximum absolute atomic E-state index is 10.3. The average Bonchev–Trinajstić information content (AvgIpc) is 2.18. The molecular weight excluding hydrogens is 190 g/mol. The number of carboxylic acids is 1. The van der Waals surface area contributed by atoms with Gasteiger partial charge in [0.15, 0.2) is 0 Å². The van der Waals surface area contributed by atoms with E-state index in [1.54, 1.807) is 6.08 Å². The Morgan fingerprint density at radius 3 is 2.67 bits per heavy atom. The first-order valence-electron chi connectivity index (χ1n) is 5.76. The first-order valence-corrected chi connectivity index (χ1v) is 5.76. The molecule has 1 aliphatic rings. The van der Waals surface area contributed by atoms with E-state index in [-0.39, 0.29) is 0 Å². The molecule has 3 nitrogen and oxygen atoms in total. The lowest BCUT2D eigenvalue weighted by atomic mass is 9.89. The van der Waals surface area contributed by atoms with Gasteiger partial charge in [0.2, 0.25) is 0 Å². The summed E-state index contributed by atoms with van der Waals surface area (Å²) >= 11 is 0. The van der Waals surface area contributed by atoms with E-state index < -0.39 is 5.97 Å². The number of carboxylic acid groups (broad SMARTS) is 1. The van der Waals surface area contributed by atoms with E-state index in [0.29, 0.717) is 0 Å². The third kappa shape index (κ3) is 5.57. The lowest BCUT2D eigenvalue weighted by Gasteiger charge is -2.26. The molecule has 0 spiro atoms. The van der Waals surface area contributed by atoms with Crippen LogP contribution in [0.2, 0.25) is 0 Å². The minimum atomic E-state index is -0.860. The van der Waals surface area contributed by atoms with Gasteiger partial charge in [-0.15, -0.1) is 0 Å². The Morgan fingerprint density at radius 1 is 1.40 bits per heavy atom. The van der Waals surface area contributed by atoms with Gasteiger partial charge in [0.1, 0.15) is 0 Å². The highest BCUT2D eigenvalue weighted by Gasteiger charge is 2.14. The minimum absolute atomic E-state index is 0.739. The zero-order chi connectivity index (χ0) is 11.1. The van der Waals surface area contributed by atoms with Crippen LogP contribution in [-0.4, -0.2) is 36.1 Å². The molecule has 0 unspecified atom stereocenters. The van der Waals surface area contributed by atoms with E-state index in [4.69, 9.17) is 5.11 Å². The molecule has 1 saturated carbocycles. The van der Waals surface area contributed by atoms with Gasteiger partial charge in [0, 0.05) is 19.2 Å². The fourth-order valence-corrected chi connectivity index (χ4v) is 2.22. The van der Waals surface area contributed by atoms with Crippen molar-refractivity contribution >= 4 is 5.97 Å². The van der Waals surface area contributed by atoms with Gasteiger partial charge in [0.05, 0.1) is 0 Å². The van der Waals surface area contributed by atoms with Crippen LogP contribution in [0.15, 0.2) is 12.2 Å². The highest BCUT2D eigenvalue weighted by Crippen LogP contribution is 2.23. The highest BCUT2D eigenvalue weighted by atomic mass is 16.4. The monoisotopic (exact) mass is 211 g/mol. The van der Waals surface area contributed by atoms with Crippen molar-refractivity contribution in [1.29, 1.82) is 0 Å². The van der Waals surface area contributed by atoms with Crippen LogP contribution in [0.5, 0.6) is 0 Å². The number of hydrogen-bond acceptors (Lipinski definition) is 2. The molecular formula is C12H21NO2. The second-order valence-corrected chi connectivity index (χ2v) is 4.47. The summed E-state index contributed by atoms with van der Waals surface area (Å²) in [5, 5.41) is 8.44. The molecule has 0 saturated heterocycles. The van der Waals surface area contributed by atoms with Crippen LogP contribution in [0.4, 0.5) is 0 Å². The zero-order valence-electron chi connectivity index (χ0n) is 9.48. The van der Waals surface area contributed by atoms with Crippen LogP contribution in [-0.2, 0) is 4.79 Å². The van der Waals surface area contributed by atoms with Crippen molar-refractivity contribution in [2.24, 2.45) is 5.92 Å². The lowest BCUT2D eigenvalue weighted by Crippen LogP contribution is -2.27. The Hall–Kier alpha value is -0.830. The fraction of sp³-hybridized carbons (Fsp3) is 0.750. The summed E-state index contributed by atoms with van der Waals surface area (Å²) < 4.78 is 0. The molecule has 1 rings (SSSR count). The molecule has 1 aliphatic carbocycles. The van der Waals surface area contributed by atoms with Crippen LogP contribution in [0.25, 0.3) is 0 Å². The Balaban J connectivity index is 2.16. The third-order valence-corrected chi connectivity index (χ3v) is 2.97. The molecule has 1 fully saturated rings. The maximum Gasteiger partial charge on any atom is 0.328 e. The number of nitrogens with zero attached hydrogens (tertiary/aromatic N) is 1. The summed E-state index contributed by atoms with van der Waals surface area (Å²) in [5.41, 5.74) is 0. The predicted molar refractivity (Wildman–Crippen MR) is 60.8 cm³/mol. The number of aliphatic carboxylic acids is 1. The Bertz CT molecular complexity index is 220. The normalized spacial score (nSPS) is 18.8. The van der Waals surface area contributed by atoms with Crippen molar-refractivity contribution in [3.8, 4) is 0 Å². The Kier molecular flexibility index (Phi) is 5.40. The molecule has 86 valence electrons. The average molecular weight is 211 g/mol. The largest absolute Gasteiger partial charge is 0.478 e. The second-order valence-electron chi connectivity index (χ2n) is 4.47. The van der Waals surface area contributed by atoms with Crippen LogP contribution in [0.3, 0.4) is 0 Å². The van der Waals surface area contributed by atoms with Gasteiger partial charge >= 0.3 is 5.97 Å². The molecule has 0 aliphatic heterocycles. The standard InChI is InChI=1S/C12H21NO2/c1-13(9-5-8-12(14)15)10-11-6-3-2-4-7-11/h5,8,11H,2-4,6-7,9-10H2,1H3,(H,14,15). The maximum atomic E-state index is 10.3. The van der Waals surface area contributed by atoms with Gasteiger partial charge in [-0.2, -0.15) is 0 Å². The molecule has 0 aromatic rings. The number of hydrogen-bond donors (Lipinski definition) is 1. The fourth-order valence-electron chi connectivity index (χ4n) is 2.22. The Morgan fingerprint density at radius 2 is 2.07 bits per heavy atom. The molecule has 15 heavy (non-hydrogen) atoms. The van der Waals surface area contributed by atoms with Crippen molar-refractivity contribution in [2.45, 2.75) is 32.1 Å². The van der Waals surface area contributed by atoms with Crippen LogP contribution < -0.4 is 0 Å². The van der Waals surface area contributed by atoms with Gasteiger partial charge in [0.25, 0.3) is 0 Å². The van der Waals surface area contributed by atoms with E-state index in [0.717, 1.165) is 19.0 Å². The van der Waals surface area contributed by atoms with Crippen molar-refractivity contribution < 1.29 is 9.90 Å². The van der Waals surface area contributed by atoms with E-state index in [9.17, 15) is 4.79 Å². The Labute approximate surface area is 91.8 Å². The number of rotatable bonds is 5. The number of carbonyl (C=O) groups is 1. The summed E-state index contributed by atoms with van der Waals surface area (Å²) in [6, 6.07) is 0. The van der Waals surface area contributed by atoms with Gasteiger partial charge in [-0.1, -0.05) is 25.3 Å². The van der Waals surface area contributed by atoms with Gasteiger partial charge in [-0.25, -0.2) is 4.79 Å². The molecule has 0 amide bonds. The van der Waals surface area contributed by atoms with Crippen molar-refractivity contribution in [3.63, 3.8) is 0 Å². The lowest BCUT2D eigenvalue weighted by molar-refractivity contribution is -0.131. The molecule has 0 aromatic carbocycles. The topological polar surface area (TPSA) is 40.5 Å². The highest BCUT2D eigenvalue weighted by molar-refractivity contribution is 5.79. The molecule has 0 atom stereocenters. The smallest absolute Gasteiger partial charge is 0.328 e. The van der Waals surface area contributed by atoms with Gasteiger partial charge in [-0.05, 0) is 25.8 Å². The van der Waals surface area contributed by atoms with Crippen LogP contribution in [0, 0.1) is 5.92 Å². The first kappa shape index (κ1) is 12.2. The van der Waals surface area contributed by atoms with Crippen molar-refractivity contribution in [2.75, 3.05) is 20.1 Å². The quantitative estimate of drug-likeness (QED) is 0.708. The van der Waals surface area contributed by atoms with E-state index in [1.165, 1.54) is 38.2 Å². The first-order chi connectivity index (χ1) is 7.18. The summed E-state index contributed by atoms with van der Waals surface area (Å²) in [4.78, 5) is 12.5. The van der Waals surface area contributed by atoms with Crippen molar-refractivity contribution in [1.82, 2.24) is 4.90 Å². The van der Waals surface area contributed by atoms with E-state index in [1.807, 2.05) is 0 Å². The molecule has 0 aromatic heterocycles. The third-order valence-electron chi connectivity index (χ3n) is 2.97. The molecule has 3 heteroatoms. The second kappa shape index (κ2) is 6.62. The SMILES string of the molecule is CN(CC=CC(=O)O)CC1CCCCC1. The molecule has 0 heterocycles. The van der Waals surface area contributed by atoms with Gasteiger partial charge < -0.3 is 10.0 Å². The van der Waals surface area contributed by atoms with Crippen LogP contribution in [0.1, 0.15) is 32.1 Å². The predicted octanol–water partition coefficient (Wildman–Crippen LogP) is 2.14. The van der Waals surface area contributed by atoms with Crippen LogP contribution >= 0.6 is 0 Å². The van der Waals surface area contributed by atoms with Crippen molar-refractivity contribution in [3.05, 3.63) is 12.2 Å². The van der Waals surface area contributed by atoms with Gasteiger partial charge in [-0.3, -0.25) is 0 Å². The molecule has 1 N–H and O–H groups in total.